The number of thioether (sulfide) groups is 1. The van der Waals surface area contributed by atoms with Crippen LogP contribution in [0.15, 0.2) is 71.6 Å². The zero-order valence-corrected chi connectivity index (χ0v) is 24.6. The Bertz CT molecular complexity index is 1630. The number of hydrogen-bond acceptors (Lipinski definition) is 4. The highest BCUT2D eigenvalue weighted by Crippen LogP contribution is 2.37. The van der Waals surface area contributed by atoms with E-state index in [0.717, 1.165) is 21.3 Å². The Morgan fingerprint density at radius 3 is 2.28 bits per heavy atom. The summed E-state index contributed by atoms with van der Waals surface area (Å²) in [5.41, 5.74) is 0.139. The summed E-state index contributed by atoms with van der Waals surface area (Å²) in [6, 6.07) is 16.0. The normalized spacial score (nSPS) is 13.3. The Morgan fingerprint density at radius 2 is 1.70 bits per heavy atom. The average Bonchev–Trinajstić information content (AvgIpc) is 3.29. The monoisotopic (exact) mass is 616 g/mol. The molecule has 0 saturated heterocycles. The average molecular weight is 616 g/mol. The van der Waals surface area contributed by atoms with Crippen molar-refractivity contribution < 1.29 is 28.2 Å². The molecule has 0 spiro atoms. The summed E-state index contributed by atoms with van der Waals surface area (Å²) >= 11 is 7.50. The minimum Gasteiger partial charge on any atom is -0.408 e. The molecule has 1 aromatic heterocycles. The molecule has 3 aromatic carbocycles. The first-order valence-corrected chi connectivity index (χ1v) is 14.5. The van der Waals surface area contributed by atoms with Gasteiger partial charge in [-0.3, -0.25) is 4.79 Å². The van der Waals surface area contributed by atoms with Crippen molar-refractivity contribution in [1.82, 2.24) is 9.88 Å². The summed E-state index contributed by atoms with van der Waals surface area (Å²) in [4.78, 5) is 14.3. The van der Waals surface area contributed by atoms with Gasteiger partial charge in [0.05, 0.1) is 49.6 Å². The fourth-order valence-corrected chi connectivity index (χ4v) is 5.59. The lowest BCUT2D eigenvalue weighted by Crippen LogP contribution is -2.58. The van der Waals surface area contributed by atoms with Crippen LogP contribution in [0.5, 0.6) is 0 Å². The summed E-state index contributed by atoms with van der Waals surface area (Å²) in [6.07, 6.45) is -5.07. The number of halogens is 4. The molecule has 214 valence electrons. The largest absolute Gasteiger partial charge is 0.416 e. The summed E-state index contributed by atoms with van der Waals surface area (Å²) in [7, 11) is 23.7. The van der Waals surface area contributed by atoms with Gasteiger partial charge in [0.1, 0.15) is 0 Å². The number of carbonyl (C=O) groups is 1. The predicted octanol–water partition coefficient (Wildman–Crippen LogP) is 4.41. The lowest BCUT2D eigenvalue weighted by molar-refractivity contribution is -0.138. The highest BCUT2D eigenvalue weighted by atomic mass is 35.5. The second kappa shape index (κ2) is 12.7. The molecule has 3 N–H and O–H groups in total. The molecule has 0 bridgehead atoms. The minimum atomic E-state index is -4.72. The Kier molecular flexibility index (Phi) is 9.81. The third-order valence-corrected chi connectivity index (χ3v) is 8.11. The maximum absolute atomic E-state index is 13.9. The smallest absolute Gasteiger partial charge is 0.408 e. The zero-order chi connectivity index (χ0) is 31.7. The van der Waals surface area contributed by atoms with Gasteiger partial charge in [0.2, 0.25) is 0 Å². The third kappa shape index (κ3) is 7.17. The minimum absolute atomic E-state index is 0.102. The fourth-order valence-electron chi connectivity index (χ4n) is 4.76. The number of aliphatic hydroxyl groups excluding tert-OH is 1. The maximum atomic E-state index is 13.9. The molecule has 1 heterocycles. The summed E-state index contributed by atoms with van der Waals surface area (Å²) in [6.45, 7) is 1.68. The first-order valence-electron chi connectivity index (χ1n) is 13.1. The van der Waals surface area contributed by atoms with E-state index in [1.807, 2.05) is 31.2 Å². The topological polar surface area (TPSA) is 74.5 Å². The van der Waals surface area contributed by atoms with Crippen molar-refractivity contribution >= 4 is 71.6 Å². The first-order chi connectivity index (χ1) is 20.1. The zero-order valence-electron chi connectivity index (χ0n) is 23.0. The number of nitrogens with zero attached hydrogens (tertiary/aromatic N) is 1. The molecule has 43 heavy (non-hydrogen) atoms. The van der Waals surface area contributed by atoms with Crippen molar-refractivity contribution in [3.8, 4) is 0 Å². The van der Waals surface area contributed by atoms with Gasteiger partial charge < -0.3 is 20.1 Å². The summed E-state index contributed by atoms with van der Waals surface area (Å²) in [5.74, 6) is 0.389. The van der Waals surface area contributed by atoms with Crippen LogP contribution in [0.25, 0.3) is 10.9 Å². The van der Waals surface area contributed by atoms with E-state index in [2.05, 4.69) is 5.32 Å². The number of aromatic nitrogens is 1. The van der Waals surface area contributed by atoms with Crippen LogP contribution in [0, 0.1) is 0 Å². The number of hydrogen-bond donors (Lipinski definition) is 3. The van der Waals surface area contributed by atoms with Gasteiger partial charge in [-0.25, -0.2) is 0 Å². The van der Waals surface area contributed by atoms with Gasteiger partial charge in [0.15, 0.2) is 0 Å². The number of aliphatic hydroxyl groups is 2. The predicted molar refractivity (Wildman–Crippen MR) is 167 cm³/mol. The van der Waals surface area contributed by atoms with E-state index in [4.69, 9.17) is 43.0 Å². The Balaban J connectivity index is 1.75. The lowest BCUT2D eigenvalue weighted by Gasteiger charge is -2.43. The van der Waals surface area contributed by atoms with Crippen LogP contribution in [0.4, 0.5) is 13.2 Å². The Morgan fingerprint density at radius 1 is 1.02 bits per heavy atom. The number of rotatable bonds is 10. The van der Waals surface area contributed by atoms with Gasteiger partial charge in [-0.1, -0.05) is 36.7 Å². The Labute approximate surface area is 262 Å². The van der Waals surface area contributed by atoms with Crippen LogP contribution in [0.1, 0.15) is 45.7 Å². The number of alkyl halides is 3. The molecular weight excluding hydrogens is 592 g/mol. The van der Waals surface area contributed by atoms with Gasteiger partial charge >= 0.3 is 6.18 Å². The van der Waals surface area contributed by atoms with Crippen LogP contribution >= 0.6 is 23.4 Å². The standard InChI is InChI=1S/C29H24B4ClF3N2O3S/c1-2-43-22-8-4-16(5-9-22)24(15-40)38-26(41)18-6-10-25-19(11-18)13-21(39(25)28(30,31)29(32,33)42)12-17-3-7-20(34)14-23(17)27(35,36)37/h3-11,13-14,24,40,42H,2,12,15H2,1H3,(H,38,41). The van der Waals surface area contributed by atoms with Crippen LogP contribution in [-0.4, -0.2) is 69.8 Å². The van der Waals surface area contributed by atoms with Crippen molar-refractivity contribution in [2.45, 2.75) is 41.2 Å². The highest BCUT2D eigenvalue weighted by molar-refractivity contribution is 7.99. The molecular formula is C29H24B4ClF3N2O3S. The number of carbonyl (C=O) groups excluding carboxylic acids is 1. The van der Waals surface area contributed by atoms with Crippen LogP contribution in [0.3, 0.4) is 0 Å². The quantitative estimate of drug-likeness (QED) is 0.183. The molecule has 0 aliphatic heterocycles. The lowest BCUT2D eigenvalue weighted by atomic mass is 9.40. The van der Waals surface area contributed by atoms with Crippen LogP contribution in [-0.2, 0) is 17.9 Å². The second-order valence-electron chi connectivity index (χ2n) is 10.1. The molecule has 0 aliphatic carbocycles. The van der Waals surface area contributed by atoms with Crippen LogP contribution < -0.4 is 5.32 Å². The van der Waals surface area contributed by atoms with Gasteiger partial charge in [-0.2, -0.15) is 13.2 Å². The molecule has 1 unspecified atom stereocenters. The van der Waals surface area contributed by atoms with E-state index >= 15 is 0 Å². The summed E-state index contributed by atoms with van der Waals surface area (Å²) in [5, 5.41) is 18.3. The molecule has 8 radical (unpaired) electrons. The molecule has 1 atom stereocenters. The Hall–Kier alpha value is -2.72. The fraction of sp³-hybridized carbons (Fsp3) is 0.276. The second-order valence-corrected chi connectivity index (χ2v) is 11.9. The van der Waals surface area contributed by atoms with E-state index < -0.39 is 34.4 Å². The molecule has 0 fully saturated rings. The van der Waals surface area contributed by atoms with Crippen molar-refractivity contribution in [2.24, 2.45) is 0 Å². The number of amides is 1. The van der Waals surface area contributed by atoms with E-state index in [1.54, 1.807) is 11.8 Å². The number of nitrogens with one attached hydrogen (secondary N) is 1. The van der Waals surface area contributed by atoms with Crippen molar-refractivity contribution in [3.05, 3.63) is 99.7 Å². The molecule has 14 heteroatoms. The van der Waals surface area contributed by atoms with Gasteiger partial charge in [-0.05, 0) is 76.1 Å². The molecule has 0 saturated carbocycles. The maximum Gasteiger partial charge on any atom is 0.416 e. The first kappa shape index (κ1) is 33.2. The molecule has 4 aromatic rings. The van der Waals surface area contributed by atoms with Crippen molar-refractivity contribution in [3.63, 3.8) is 0 Å². The number of fused-ring (bicyclic) bond motifs is 1. The SMILES string of the molecule is [B]C([B])(O)C([B])([B])n1c(Cc2ccc(Cl)cc2C(F)(F)F)cc2cc(C(=O)NC(CO)c3ccc(SCC)cc3)ccc21. The summed E-state index contributed by atoms with van der Waals surface area (Å²) < 4.78 is 42.7. The van der Waals surface area contributed by atoms with Crippen LogP contribution in [0.2, 0.25) is 5.02 Å². The van der Waals surface area contributed by atoms with Crippen molar-refractivity contribution in [1.29, 1.82) is 0 Å². The molecule has 1 amide bonds. The van der Waals surface area contributed by atoms with E-state index in [1.165, 1.54) is 36.4 Å². The van der Waals surface area contributed by atoms with E-state index in [9.17, 15) is 28.2 Å². The number of benzene rings is 3. The van der Waals surface area contributed by atoms with E-state index in [0.29, 0.717) is 10.9 Å². The molecule has 5 nitrogen and oxygen atoms in total. The van der Waals surface area contributed by atoms with Crippen molar-refractivity contribution in [2.75, 3.05) is 12.4 Å². The van der Waals surface area contributed by atoms with Gasteiger partial charge in [0.25, 0.3) is 5.91 Å². The third-order valence-electron chi connectivity index (χ3n) is 6.98. The molecule has 4 rings (SSSR count). The molecule has 0 aliphatic rings. The van der Waals surface area contributed by atoms with Gasteiger partial charge in [0, 0.05) is 38.5 Å². The highest BCUT2D eigenvalue weighted by Gasteiger charge is 2.38. The van der Waals surface area contributed by atoms with Gasteiger partial charge in [-0.15, -0.1) is 11.8 Å². The van der Waals surface area contributed by atoms with E-state index in [-0.39, 0.29) is 40.4 Å².